The first-order chi connectivity index (χ1) is 17.0. The lowest BCUT2D eigenvalue weighted by atomic mass is 10.1. The number of halogens is 1. The summed E-state index contributed by atoms with van der Waals surface area (Å²) in [7, 11) is 0. The molecule has 180 valence electrons. The van der Waals surface area contributed by atoms with Crippen molar-refractivity contribution in [3.8, 4) is 5.75 Å². The lowest BCUT2D eigenvalue weighted by Crippen LogP contribution is -2.26. The van der Waals surface area contributed by atoms with Gasteiger partial charge in [0.05, 0.1) is 23.7 Å². The molecular formula is C27H26ClN3O4. The van der Waals surface area contributed by atoms with Crippen LogP contribution in [0.5, 0.6) is 5.75 Å². The van der Waals surface area contributed by atoms with Gasteiger partial charge in [0.25, 0.3) is 0 Å². The summed E-state index contributed by atoms with van der Waals surface area (Å²) in [5, 5.41) is 14.0. The predicted octanol–water partition coefficient (Wildman–Crippen LogP) is 5.02. The number of carbonyl (C=O) groups is 1. The van der Waals surface area contributed by atoms with Crippen LogP contribution in [0.4, 0.5) is 0 Å². The molecule has 0 aliphatic heterocycles. The van der Waals surface area contributed by atoms with Gasteiger partial charge in [-0.3, -0.25) is 4.57 Å². The van der Waals surface area contributed by atoms with Gasteiger partial charge in [0.15, 0.2) is 0 Å². The molecule has 1 heterocycles. The van der Waals surface area contributed by atoms with E-state index in [9.17, 15) is 14.7 Å². The Morgan fingerprint density at radius 3 is 2.37 bits per heavy atom. The number of aromatic nitrogens is 3. The topological polar surface area (TPSA) is 86.4 Å². The first-order valence-electron chi connectivity index (χ1n) is 11.4. The molecule has 1 N–H and O–H groups in total. The van der Waals surface area contributed by atoms with Crippen LogP contribution in [0.25, 0.3) is 0 Å². The van der Waals surface area contributed by atoms with Crippen LogP contribution in [0, 0.1) is 0 Å². The average Bonchev–Trinajstić information content (AvgIpc) is 3.14. The maximum atomic E-state index is 13.1. The van der Waals surface area contributed by atoms with Crippen LogP contribution in [-0.2, 0) is 26.1 Å². The van der Waals surface area contributed by atoms with Crippen molar-refractivity contribution in [2.75, 3.05) is 0 Å². The van der Waals surface area contributed by atoms with Gasteiger partial charge < -0.3 is 9.84 Å². The molecule has 0 aliphatic carbocycles. The van der Waals surface area contributed by atoms with Crippen LogP contribution in [0.2, 0.25) is 5.02 Å². The molecule has 0 saturated carbocycles. The second-order valence-corrected chi connectivity index (χ2v) is 8.57. The molecule has 1 aromatic heterocycles. The van der Waals surface area contributed by atoms with E-state index in [1.807, 2.05) is 54.6 Å². The Labute approximate surface area is 208 Å². The van der Waals surface area contributed by atoms with Crippen LogP contribution in [0.3, 0.4) is 0 Å². The van der Waals surface area contributed by atoms with Gasteiger partial charge in [-0.2, -0.15) is 5.10 Å². The zero-order valence-electron chi connectivity index (χ0n) is 19.4. The van der Waals surface area contributed by atoms with E-state index in [-0.39, 0.29) is 22.9 Å². The Kier molecular flexibility index (Phi) is 7.67. The third kappa shape index (κ3) is 5.81. The second-order valence-electron chi connectivity index (χ2n) is 8.19. The number of nitrogens with zero attached hydrogens (tertiary/aromatic N) is 3. The van der Waals surface area contributed by atoms with Gasteiger partial charge in [0, 0.05) is 12.0 Å². The molecule has 0 spiro atoms. The van der Waals surface area contributed by atoms with Crippen molar-refractivity contribution < 1.29 is 14.6 Å². The van der Waals surface area contributed by atoms with Gasteiger partial charge in [0.1, 0.15) is 18.2 Å². The summed E-state index contributed by atoms with van der Waals surface area (Å²) in [5.74, 6) is 0.305. The molecule has 0 aliphatic rings. The lowest BCUT2D eigenvalue weighted by Gasteiger charge is -2.10. The zero-order valence-corrected chi connectivity index (χ0v) is 20.1. The van der Waals surface area contributed by atoms with Crippen molar-refractivity contribution in [2.45, 2.75) is 39.5 Å². The second kappa shape index (κ2) is 11.1. The predicted molar refractivity (Wildman–Crippen MR) is 134 cm³/mol. The van der Waals surface area contributed by atoms with Crippen LogP contribution in [-0.4, -0.2) is 25.4 Å². The molecule has 7 nitrogen and oxygen atoms in total. The van der Waals surface area contributed by atoms with Crippen molar-refractivity contribution in [3.05, 3.63) is 116 Å². The van der Waals surface area contributed by atoms with E-state index in [0.29, 0.717) is 30.8 Å². The van der Waals surface area contributed by atoms with Gasteiger partial charge in [-0.25, -0.2) is 14.3 Å². The van der Waals surface area contributed by atoms with Gasteiger partial charge >= 0.3 is 11.7 Å². The van der Waals surface area contributed by atoms with E-state index in [1.165, 1.54) is 10.7 Å². The van der Waals surface area contributed by atoms with Gasteiger partial charge in [-0.1, -0.05) is 73.1 Å². The van der Waals surface area contributed by atoms with Crippen molar-refractivity contribution in [1.29, 1.82) is 0 Å². The minimum Gasteiger partial charge on any atom is -0.489 e. The smallest absolute Gasteiger partial charge is 0.346 e. The highest BCUT2D eigenvalue weighted by Gasteiger charge is 2.14. The number of carboxylic acid groups (broad SMARTS) is 1. The molecule has 0 radical (unpaired) electrons. The van der Waals surface area contributed by atoms with E-state index in [4.69, 9.17) is 16.3 Å². The van der Waals surface area contributed by atoms with Gasteiger partial charge in [-0.15, -0.1) is 0 Å². The number of rotatable bonds is 10. The van der Waals surface area contributed by atoms with Gasteiger partial charge in [0.2, 0.25) is 0 Å². The molecule has 35 heavy (non-hydrogen) atoms. The summed E-state index contributed by atoms with van der Waals surface area (Å²) in [6.45, 7) is 3.05. The highest BCUT2D eigenvalue weighted by atomic mass is 35.5. The summed E-state index contributed by atoms with van der Waals surface area (Å²) in [5.41, 5.74) is 2.48. The van der Waals surface area contributed by atoms with E-state index >= 15 is 0 Å². The summed E-state index contributed by atoms with van der Waals surface area (Å²) < 4.78 is 9.05. The normalized spacial score (nSPS) is 10.9. The SMILES string of the molecule is CCCc1nn(Cc2ccccc2)c(=O)n1Cc1ccc(OCc2cccc(C(=O)O)c2Cl)cc1. The molecule has 0 saturated heterocycles. The number of aromatic carboxylic acids is 1. The number of benzene rings is 3. The van der Waals surface area contributed by atoms with Crippen LogP contribution in [0.15, 0.2) is 77.6 Å². The fourth-order valence-corrected chi connectivity index (χ4v) is 4.07. The fraction of sp³-hybridized carbons (Fsp3) is 0.222. The number of aryl methyl sites for hydroxylation is 1. The molecule has 4 aromatic rings. The standard InChI is InChI=1S/C27H26ClN3O4/c1-2-7-24-29-31(17-19-8-4-3-5-9-19)27(34)30(24)16-20-12-14-22(15-13-20)35-18-21-10-6-11-23(25(21)28)26(32)33/h3-6,8-15H,2,7,16-18H2,1H3,(H,32,33). The van der Waals surface area contributed by atoms with E-state index in [2.05, 4.69) is 12.0 Å². The number of hydrogen-bond acceptors (Lipinski definition) is 4. The number of carboxylic acids is 1. The van der Waals surface area contributed by atoms with E-state index < -0.39 is 5.97 Å². The molecule has 3 aromatic carbocycles. The van der Waals surface area contributed by atoms with Crippen LogP contribution in [0.1, 0.15) is 46.2 Å². The molecule has 8 heteroatoms. The molecule has 0 atom stereocenters. The summed E-state index contributed by atoms with van der Waals surface area (Å²) in [6, 6.07) is 22.1. The van der Waals surface area contributed by atoms with E-state index in [0.717, 1.165) is 23.4 Å². The van der Waals surface area contributed by atoms with Crippen LogP contribution < -0.4 is 10.4 Å². The van der Waals surface area contributed by atoms with E-state index in [1.54, 1.807) is 16.7 Å². The molecule has 0 unspecified atom stereocenters. The Balaban J connectivity index is 1.47. The number of hydrogen-bond donors (Lipinski definition) is 1. The quantitative estimate of drug-likeness (QED) is 0.336. The monoisotopic (exact) mass is 491 g/mol. The van der Waals surface area contributed by atoms with Crippen molar-refractivity contribution >= 4 is 17.6 Å². The van der Waals surface area contributed by atoms with Crippen molar-refractivity contribution in [2.24, 2.45) is 0 Å². The molecule has 0 fully saturated rings. The highest BCUT2D eigenvalue weighted by molar-refractivity contribution is 6.34. The maximum absolute atomic E-state index is 13.1. The third-order valence-electron chi connectivity index (χ3n) is 5.62. The summed E-state index contributed by atoms with van der Waals surface area (Å²) in [4.78, 5) is 24.4. The molecule has 0 amide bonds. The van der Waals surface area contributed by atoms with Crippen molar-refractivity contribution in [3.63, 3.8) is 0 Å². The maximum Gasteiger partial charge on any atom is 0.346 e. The summed E-state index contributed by atoms with van der Waals surface area (Å²) >= 11 is 6.19. The first kappa shape index (κ1) is 24.3. The Hall–Kier alpha value is -3.84. The highest BCUT2D eigenvalue weighted by Crippen LogP contribution is 2.23. The Morgan fingerprint density at radius 1 is 0.971 bits per heavy atom. The van der Waals surface area contributed by atoms with Gasteiger partial charge in [-0.05, 0) is 35.7 Å². The van der Waals surface area contributed by atoms with Crippen molar-refractivity contribution in [1.82, 2.24) is 14.3 Å². The Morgan fingerprint density at radius 2 is 1.69 bits per heavy atom. The zero-order chi connectivity index (χ0) is 24.8. The Bertz CT molecular complexity index is 1360. The lowest BCUT2D eigenvalue weighted by molar-refractivity contribution is 0.0697. The number of ether oxygens (including phenoxy) is 1. The largest absolute Gasteiger partial charge is 0.489 e. The minimum atomic E-state index is -1.08. The molecular weight excluding hydrogens is 466 g/mol. The summed E-state index contributed by atoms with van der Waals surface area (Å²) in [6.07, 6.45) is 1.61. The minimum absolute atomic E-state index is 0.0456. The third-order valence-corrected chi connectivity index (χ3v) is 6.06. The first-order valence-corrected chi connectivity index (χ1v) is 11.8. The molecule has 4 rings (SSSR count). The molecule has 0 bridgehead atoms. The average molecular weight is 492 g/mol. The van der Waals surface area contributed by atoms with Crippen LogP contribution >= 0.6 is 11.6 Å². The fourth-order valence-electron chi connectivity index (χ4n) is 3.80.